The van der Waals surface area contributed by atoms with Gasteiger partial charge in [-0.1, -0.05) is 27.7 Å². The van der Waals surface area contributed by atoms with E-state index >= 15 is 0 Å². The number of nitrogens with zero attached hydrogens (tertiary/aromatic N) is 2. The fourth-order valence-electron chi connectivity index (χ4n) is 1.16. The number of nitrogens with one attached hydrogen (secondary N) is 1. The lowest BCUT2D eigenvalue weighted by molar-refractivity contribution is 0.579. The van der Waals surface area contributed by atoms with Gasteiger partial charge in [0.15, 0.2) is 0 Å². The first kappa shape index (κ1) is 12.6. The van der Waals surface area contributed by atoms with Crippen LogP contribution in [-0.2, 0) is 13.0 Å². The molecule has 0 amide bonds. The fraction of sp³-hybridized carbons (Fsp3) is 0.818. The van der Waals surface area contributed by atoms with Gasteiger partial charge >= 0.3 is 0 Å². The summed E-state index contributed by atoms with van der Waals surface area (Å²) in [6.07, 6.45) is 2.27. The van der Waals surface area contributed by atoms with Crippen LogP contribution in [0.2, 0.25) is 0 Å². The maximum atomic E-state index is 4.19. The second-order valence-electron chi connectivity index (χ2n) is 4.56. The minimum atomic E-state index is 0.507. The quantitative estimate of drug-likeness (QED) is 0.812. The molecule has 0 bridgehead atoms. The van der Waals surface area contributed by atoms with Crippen LogP contribution in [0.25, 0.3) is 0 Å². The highest BCUT2D eigenvalue weighted by Gasteiger charge is 2.05. The summed E-state index contributed by atoms with van der Waals surface area (Å²) in [6.45, 7) is 9.60. The molecule has 0 aliphatic carbocycles. The molecule has 1 aromatic heterocycles. The fourth-order valence-corrected chi connectivity index (χ4v) is 1.98. The van der Waals surface area contributed by atoms with Gasteiger partial charge in [0.2, 0.25) is 0 Å². The van der Waals surface area contributed by atoms with Crippen LogP contribution in [0, 0.1) is 5.92 Å². The molecule has 0 aliphatic heterocycles. The molecule has 86 valence electrons. The van der Waals surface area contributed by atoms with Gasteiger partial charge in [-0.3, -0.25) is 0 Å². The molecule has 1 heterocycles. The van der Waals surface area contributed by atoms with Crippen molar-refractivity contribution in [1.29, 1.82) is 0 Å². The smallest absolute Gasteiger partial charge is 0.131 e. The average molecular weight is 227 g/mol. The van der Waals surface area contributed by atoms with Crippen molar-refractivity contribution in [3.05, 3.63) is 10.0 Å². The van der Waals surface area contributed by atoms with E-state index in [1.807, 2.05) is 0 Å². The van der Waals surface area contributed by atoms with Crippen LogP contribution < -0.4 is 5.32 Å². The monoisotopic (exact) mass is 227 g/mol. The van der Waals surface area contributed by atoms with Crippen LogP contribution in [-0.4, -0.2) is 16.2 Å². The van der Waals surface area contributed by atoms with Gasteiger partial charge in [-0.25, -0.2) is 0 Å². The van der Waals surface area contributed by atoms with E-state index in [1.54, 1.807) is 11.3 Å². The highest BCUT2D eigenvalue weighted by Crippen LogP contribution is 2.14. The van der Waals surface area contributed by atoms with Crippen molar-refractivity contribution in [3.63, 3.8) is 0 Å². The SMILES string of the molecule is CC(C)CCc1nnc(CNC(C)C)s1. The Hall–Kier alpha value is -0.480. The Morgan fingerprint density at radius 2 is 1.80 bits per heavy atom. The van der Waals surface area contributed by atoms with E-state index in [2.05, 4.69) is 43.2 Å². The van der Waals surface area contributed by atoms with Crippen LogP contribution in [0.1, 0.15) is 44.1 Å². The minimum absolute atomic E-state index is 0.507. The van der Waals surface area contributed by atoms with E-state index in [4.69, 9.17) is 0 Å². The maximum Gasteiger partial charge on any atom is 0.131 e. The van der Waals surface area contributed by atoms with Crippen LogP contribution in [0.15, 0.2) is 0 Å². The topological polar surface area (TPSA) is 37.8 Å². The summed E-state index contributed by atoms with van der Waals surface area (Å²) in [6, 6.07) is 0.507. The van der Waals surface area contributed by atoms with Gasteiger partial charge < -0.3 is 5.32 Å². The first-order valence-corrected chi connectivity index (χ1v) is 6.44. The first-order valence-electron chi connectivity index (χ1n) is 5.62. The van der Waals surface area contributed by atoms with E-state index in [-0.39, 0.29) is 0 Å². The summed E-state index contributed by atoms with van der Waals surface area (Å²) in [5, 5.41) is 14.0. The summed E-state index contributed by atoms with van der Waals surface area (Å²) >= 11 is 1.73. The van der Waals surface area contributed by atoms with Gasteiger partial charge in [-0.2, -0.15) is 0 Å². The zero-order valence-electron chi connectivity index (χ0n) is 10.1. The zero-order chi connectivity index (χ0) is 11.3. The lowest BCUT2D eigenvalue weighted by atomic mass is 10.1. The predicted octanol–water partition coefficient (Wildman–Crippen LogP) is 2.62. The first-order chi connectivity index (χ1) is 7.08. The molecule has 0 aromatic carbocycles. The van der Waals surface area contributed by atoms with E-state index in [9.17, 15) is 0 Å². The molecule has 0 unspecified atom stereocenters. The Balaban J connectivity index is 2.35. The van der Waals surface area contributed by atoms with Crippen molar-refractivity contribution in [2.75, 3.05) is 0 Å². The van der Waals surface area contributed by atoms with Gasteiger partial charge in [0, 0.05) is 19.0 Å². The number of aromatic nitrogens is 2. The summed E-state index contributed by atoms with van der Waals surface area (Å²) in [4.78, 5) is 0. The van der Waals surface area contributed by atoms with Gasteiger partial charge in [-0.15, -0.1) is 21.5 Å². The standard InChI is InChI=1S/C11H21N3S/c1-8(2)5-6-10-13-14-11(15-10)7-12-9(3)4/h8-9,12H,5-7H2,1-4H3. The number of hydrogen-bond donors (Lipinski definition) is 1. The highest BCUT2D eigenvalue weighted by atomic mass is 32.1. The lowest BCUT2D eigenvalue weighted by Crippen LogP contribution is -2.21. The largest absolute Gasteiger partial charge is 0.308 e. The molecule has 0 radical (unpaired) electrons. The summed E-state index contributed by atoms with van der Waals surface area (Å²) in [7, 11) is 0. The number of rotatable bonds is 6. The van der Waals surface area contributed by atoms with E-state index in [1.165, 1.54) is 11.4 Å². The third-order valence-corrected chi connectivity index (χ3v) is 3.09. The van der Waals surface area contributed by atoms with Crippen molar-refractivity contribution in [3.8, 4) is 0 Å². The molecular formula is C11H21N3S. The molecule has 4 heteroatoms. The van der Waals surface area contributed by atoms with Crippen LogP contribution in [0.3, 0.4) is 0 Å². The van der Waals surface area contributed by atoms with Crippen molar-refractivity contribution in [1.82, 2.24) is 15.5 Å². The molecule has 15 heavy (non-hydrogen) atoms. The highest BCUT2D eigenvalue weighted by molar-refractivity contribution is 7.11. The second-order valence-corrected chi connectivity index (χ2v) is 5.70. The maximum absolute atomic E-state index is 4.19. The van der Waals surface area contributed by atoms with E-state index < -0.39 is 0 Å². The van der Waals surface area contributed by atoms with E-state index in [0.717, 1.165) is 23.9 Å². The zero-order valence-corrected chi connectivity index (χ0v) is 10.9. The van der Waals surface area contributed by atoms with Gasteiger partial charge in [0.25, 0.3) is 0 Å². The molecule has 1 N–H and O–H groups in total. The molecule has 3 nitrogen and oxygen atoms in total. The van der Waals surface area contributed by atoms with Crippen molar-refractivity contribution in [2.45, 2.75) is 53.1 Å². The molecule has 1 aromatic rings. The Bertz CT molecular complexity index is 255. The van der Waals surface area contributed by atoms with Gasteiger partial charge in [-0.05, 0) is 12.3 Å². The molecule has 0 spiro atoms. The third kappa shape index (κ3) is 5.23. The Labute approximate surface area is 96.3 Å². The molecule has 0 saturated heterocycles. The average Bonchev–Trinajstić information content (AvgIpc) is 2.59. The van der Waals surface area contributed by atoms with Crippen LogP contribution in [0.4, 0.5) is 0 Å². The summed E-state index contributed by atoms with van der Waals surface area (Å²) < 4.78 is 0. The lowest BCUT2D eigenvalue weighted by Gasteiger charge is -2.03. The van der Waals surface area contributed by atoms with E-state index in [0.29, 0.717) is 6.04 Å². The Kier molecular flexibility index (Phi) is 5.19. The number of hydrogen-bond acceptors (Lipinski definition) is 4. The van der Waals surface area contributed by atoms with Gasteiger partial charge in [0.1, 0.15) is 10.0 Å². The molecule has 1 rings (SSSR count). The van der Waals surface area contributed by atoms with Crippen molar-refractivity contribution in [2.24, 2.45) is 5.92 Å². The molecular weight excluding hydrogens is 206 g/mol. The normalized spacial score (nSPS) is 11.6. The predicted molar refractivity (Wildman–Crippen MR) is 65.0 cm³/mol. The van der Waals surface area contributed by atoms with Crippen LogP contribution in [0.5, 0.6) is 0 Å². The minimum Gasteiger partial charge on any atom is -0.308 e. The van der Waals surface area contributed by atoms with Crippen LogP contribution >= 0.6 is 11.3 Å². The summed E-state index contributed by atoms with van der Waals surface area (Å²) in [5.41, 5.74) is 0. The molecule has 0 aliphatic rings. The molecule has 0 fully saturated rings. The molecule has 0 saturated carbocycles. The van der Waals surface area contributed by atoms with Gasteiger partial charge in [0.05, 0.1) is 0 Å². The van der Waals surface area contributed by atoms with Crippen molar-refractivity contribution < 1.29 is 0 Å². The Morgan fingerprint density at radius 3 is 2.40 bits per heavy atom. The van der Waals surface area contributed by atoms with Crippen molar-refractivity contribution >= 4 is 11.3 Å². The number of aryl methyl sites for hydroxylation is 1. The summed E-state index contributed by atoms with van der Waals surface area (Å²) in [5.74, 6) is 0.742. The third-order valence-electron chi connectivity index (χ3n) is 2.11. The molecule has 0 atom stereocenters. The Morgan fingerprint density at radius 1 is 1.13 bits per heavy atom. The second kappa shape index (κ2) is 6.18.